The monoisotopic (exact) mass is 1250 g/mol. The highest BCUT2D eigenvalue weighted by molar-refractivity contribution is 7.47. The van der Waals surface area contributed by atoms with Crippen LogP contribution in [0, 0.1) is 17.8 Å². The molecule has 0 spiro atoms. The van der Waals surface area contributed by atoms with Crippen LogP contribution < -0.4 is 0 Å². The van der Waals surface area contributed by atoms with Gasteiger partial charge in [0, 0.05) is 25.7 Å². The molecule has 0 amide bonds. The van der Waals surface area contributed by atoms with Crippen LogP contribution in [0.5, 0.6) is 0 Å². The molecule has 0 aliphatic heterocycles. The highest BCUT2D eigenvalue weighted by Crippen LogP contribution is 2.45. The third kappa shape index (κ3) is 60.7. The third-order valence-corrected chi connectivity index (χ3v) is 17.0. The second-order valence-corrected chi connectivity index (χ2v) is 28.2. The van der Waals surface area contributed by atoms with Crippen molar-refractivity contribution in [1.82, 2.24) is 0 Å². The summed E-state index contributed by atoms with van der Waals surface area (Å²) in [5.74, 6) is 0.0698. The maximum atomic E-state index is 13.0. The molecule has 5 atom stereocenters. The van der Waals surface area contributed by atoms with Crippen LogP contribution in [0.25, 0.3) is 0 Å². The van der Waals surface area contributed by atoms with Gasteiger partial charge in [0.25, 0.3) is 0 Å². The van der Waals surface area contributed by atoms with E-state index in [0.29, 0.717) is 31.6 Å². The molecule has 3 N–H and O–H groups in total. The summed E-state index contributed by atoms with van der Waals surface area (Å²) in [5, 5.41) is 10.5. The summed E-state index contributed by atoms with van der Waals surface area (Å²) in [4.78, 5) is 72.3. The maximum Gasteiger partial charge on any atom is 0.472 e. The number of aliphatic hydroxyl groups excluding tert-OH is 1. The lowest BCUT2D eigenvalue weighted by atomic mass is 10.0. The molecule has 0 aliphatic carbocycles. The molecule has 0 aliphatic rings. The number of phosphoric ester groups is 2. The van der Waals surface area contributed by atoms with Gasteiger partial charge >= 0.3 is 39.5 Å². The first-order valence-corrected chi connectivity index (χ1v) is 37.3. The van der Waals surface area contributed by atoms with E-state index in [1.165, 1.54) is 135 Å². The Hall–Kier alpha value is -1.94. The Morgan fingerprint density at radius 1 is 0.318 bits per heavy atom. The van der Waals surface area contributed by atoms with Crippen LogP contribution in [0.4, 0.5) is 0 Å². The predicted molar refractivity (Wildman–Crippen MR) is 340 cm³/mol. The van der Waals surface area contributed by atoms with E-state index in [1.807, 2.05) is 0 Å². The lowest BCUT2D eigenvalue weighted by Crippen LogP contribution is -2.30. The summed E-state index contributed by atoms with van der Waals surface area (Å²) in [6, 6.07) is 0. The van der Waals surface area contributed by atoms with Gasteiger partial charge in [0.2, 0.25) is 0 Å². The van der Waals surface area contributed by atoms with Crippen LogP contribution in [-0.2, 0) is 65.4 Å². The average Bonchev–Trinajstić information content (AvgIpc) is 3.45. The quantitative estimate of drug-likeness (QED) is 0.0222. The topological polar surface area (TPSA) is 237 Å². The molecule has 0 saturated carbocycles. The van der Waals surface area contributed by atoms with Crippen molar-refractivity contribution in [3.63, 3.8) is 0 Å². The summed E-state index contributed by atoms with van der Waals surface area (Å²) in [7, 11) is -9.89. The van der Waals surface area contributed by atoms with Gasteiger partial charge in [-0.2, -0.15) is 0 Å². The molecule has 0 aromatic carbocycles. The highest BCUT2D eigenvalue weighted by atomic mass is 31.2. The van der Waals surface area contributed by atoms with Crippen LogP contribution >= 0.6 is 15.6 Å². The van der Waals surface area contributed by atoms with E-state index < -0.39 is 97.5 Å². The fourth-order valence-corrected chi connectivity index (χ4v) is 11.4. The largest absolute Gasteiger partial charge is 0.472 e. The number of carbonyl (C=O) groups excluding carboxylic acids is 4. The smallest absolute Gasteiger partial charge is 0.462 e. The minimum atomic E-state index is -4.95. The predicted octanol–water partition coefficient (Wildman–Crippen LogP) is 18.3. The van der Waals surface area contributed by atoms with Crippen molar-refractivity contribution in [1.29, 1.82) is 0 Å². The van der Waals surface area contributed by atoms with Gasteiger partial charge in [-0.05, 0) is 43.4 Å². The number of hydrogen-bond acceptors (Lipinski definition) is 15. The van der Waals surface area contributed by atoms with Crippen molar-refractivity contribution in [3.05, 3.63) is 0 Å². The van der Waals surface area contributed by atoms with Gasteiger partial charge in [-0.1, -0.05) is 273 Å². The number of carbonyl (C=O) groups is 4. The fourth-order valence-electron chi connectivity index (χ4n) is 9.83. The first-order valence-electron chi connectivity index (χ1n) is 34.3. The lowest BCUT2D eigenvalue weighted by Gasteiger charge is -2.21. The molecule has 0 aromatic heterocycles. The molecule has 0 saturated heterocycles. The van der Waals surface area contributed by atoms with E-state index in [2.05, 4.69) is 48.5 Å². The van der Waals surface area contributed by atoms with Gasteiger partial charge in [0.1, 0.15) is 19.3 Å². The minimum Gasteiger partial charge on any atom is -0.462 e. The van der Waals surface area contributed by atoms with E-state index in [1.54, 1.807) is 0 Å². The van der Waals surface area contributed by atoms with Crippen LogP contribution in [0.15, 0.2) is 0 Å². The molecule has 0 rings (SSSR count). The van der Waals surface area contributed by atoms with Gasteiger partial charge in [0.15, 0.2) is 12.2 Å². The van der Waals surface area contributed by atoms with Crippen molar-refractivity contribution in [2.24, 2.45) is 17.8 Å². The Bertz CT molecular complexity index is 1680. The van der Waals surface area contributed by atoms with Crippen molar-refractivity contribution in [3.8, 4) is 0 Å². The van der Waals surface area contributed by atoms with Gasteiger partial charge in [-0.3, -0.25) is 37.3 Å². The Morgan fingerprint density at radius 2 is 0.541 bits per heavy atom. The Kier molecular flexibility index (Phi) is 55.9. The average molecular weight is 1260 g/mol. The zero-order chi connectivity index (χ0) is 63.1. The summed E-state index contributed by atoms with van der Waals surface area (Å²) in [6.07, 6.45) is 39.0. The van der Waals surface area contributed by atoms with Gasteiger partial charge in [-0.15, -0.1) is 0 Å². The Balaban J connectivity index is 5.24. The normalized spacial score (nSPS) is 14.3. The van der Waals surface area contributed by atoms with Gasteiger partial charge in [-0.25, -0.2) is 9.13 Å². The van der Waals surface area contributed by atoms with E-state index in [9.17, 15) is 43.2 Å². The zero-order valence-electron chi connectivity index (χ0n) is 55.1. The molecule has 19 heteroatoms. The molecule has 0 bridgehead atoms. The van der Waals surface area contributed by atoms with E-state index >= 15 is 0 Å². The Labute approximate surface area is 517 Å². The number of phosphoric acid groups is 2. The first-order chi connectivity index (χ1) is 40.7. The SMILES string of the molecule is CCCCCCCCCCCC(=O)OC[C@H](COP(=O)(O)OC[C@H](O)COP(=O)(O)OC[C@@H](COC(=O)CCCCCCCCCCCC(C)C)OC(=O)CCCCCCCCCCCCCC(C)C)OC(=O)CCCCCCCCCC(C)C. The molecule has 0 aromatic rings. The molecular weight excluding hydrogens is 1130 g/mol. The number of unbranched alkanes of at least 4 members (excludes halogenated alkanes) is 32. The van der Waals surface area contributed by atoms with Crippen LogP contribution in [0.1, 0.15) is 325 Å². The summed E-state index contributed by atoms with van der Waals surface area (Å²) in [6.45, 7) is 11.7. The molecule has 0 radical (unpaired) electrons. The molecule has 2 unspecified atom stereocenters. The van der Waals surface area contributed by atoms with Crippen molar-refractivity contribution in [2.45, 2.75) is 343 Å². The van der Waals surface area contributed by atoms with Crippen LogP contribution in [-0.4, -0.2) is 96.7 Å². The van der Waals surface area contributed by atoms with Crippen molar-refractivity contribution >= 4 is 39.5 Å². The van der Waals surface area contributed by atoms with Gasteiger partial charge in [0.05, 0.1) is 26.4 Å². The first kappa shape index (κ1) is 83.1. The van der Waals surface area contributed by atoms with Crippen LogP contribution in [0.3, 0.4) is 0 Å². The molecule has 0 heterocycles. The summed E-state index contributed by atoms with van der Waals surface area (Å²) >= 11 is 0. The summed E-state index contributed by atoms with van der Waals surface area (Å²) in [5.41, 5.74) is 0. The summed E-state index contributed by atoms with van der Waals surface area (Å²) < 4.78 is 68.1. The standard InChI is InChI=1S/C66H128O17P2/c1-8-9-10-11-12-17-26-33-40-47-63(68)76-54-62(83-66(71)50-43-36-29-22-25-32-39-46-59(6)7)56-81-85(74,75)79-52-60(67)51-78-84(72,73)80-55-61(53-77-64(69)48-41-34-27-21-16-19-24-31-38-45-58(4)5)82-65(70)49-42-35-28-20-15-13-14-18-23-30-37-44-57(2)3/h57-62,67H,8-56H2,1-7H3,(H,72,73)(H,74,75)/t60-,61-,62-/m1/s1. The number of esters is 4. The lowest BCUT2D eigenvalue weighted by molar-refractivity contribution is -0.161. The number of rotatable bonds is 64. The van der Waals surface area contributed by atoms with E-state index in [0.717, 1.165) is 102 Å². The maximum absolute atomic E-state index is 13.0. The van der Waals surface area contributed by atoms with Crippen LogP contribution in [0.2, 0.25) is 0 Å². The van der Waals surface area contributed by atoms with Crippen molar-refractivity contribution in [2.75, 3.05) is 39.6 Å². The van der Waals surface area contributed by atoms with Crippen molar-refractivity contribution < 1.29 is 80.2 Å². The minimum absolute atomic E-state index is 0.103. The second kappa shape index (κ2) is 57.2. The van der Waals surface area contributed by atoms with E-state index in [-0.39, 0.29) is 25.7 Å². The fraction of sp³-hybridized carbons (Fsp3) is 0.939. The molecule has 504 valence electrons. The van der Waals surface area contributed by atoms with Gasteiger partial charge < -0.3 is 33.8 Å². The third-order valence-electron chi connectivity index (χ3n) is 15.1. The molecule has 0 fully saturated rings. The number of aliphatic hydroxyl groups is 1. The zero-order valence-corrected chi connectivity index (χ0v) is 56.9. The Morgan fingerprint density at radius 3 is 0.800 bits per heavy atom. The van der Waals surface area contributed by atoms with E-state index in [4.69, 9.17) is 37.0 Å². The second-order valence-electron chi connectivity index (χ2n) is 25.3. The number of hydrogen-bond donors (Lipinski definition) is 3. The molecule has 17 nitrogen and oxygen atoms in total. The molecule has 85 heavy (non-hydrogen) atoms. The number of ether oxygens (including phenoxy) is 4. The highest BCUT2D eigenvalue weighted by Gasteiger charge is 2.30. The molecular formula is C66H128O17P2.